The van der Waals surface area contributed by atoms with Crippen LogP contribution in [0.2, 0.25) is 0 Å². The molecule has 0 aliphatic heterocycles. The lowest BCUT2D eigenvalue weighted by atomic mass is 9.88. The van der Waals surface area contributed by atoms with Crippen LogP contribution in [0.25, 0.3) is 0 Å². The van der Waals surface area contributed by atoms with Gasteiger partial charge < -0.3 is 10.2 Å². The number of carbonyl (C=O) groups is 2. The van der Waals surface area contributed by atoms with Crippen LogP contribution in [0.1, 0.15) is 102 Å². The van der Waals surface area contributed by atoms with E-state index < -0.39 is 11.9 Å². The highest BCUT2D eigenvalue weighted by molar-refractivity contribution is 8.00. The topological polar surface area (TPSA) is 74.6 Å². The largest absolute Gasteiger partial charge is 0.481 e. The number of hydrogen-bond acceptors (Lipinski definition) is 3. The fraction of sp³-hybridized carbons (Fsp3) is 0.680. The van der Waals surface area contributed by atoms with Crippen molar-refractivity contribution >= 4 is 23.7 Å². The smallest absolute Gasteiger partial charge is 0.304 e. The molecule has 0 heterocycles. The maximum absolute atomic E-state index is 11.5. The van der Waals surface area contributed by atoms with Gasteiger partial charge in [0, 0.05) is 11.0 Å². The summed E-state index contributed by atoms with van der Waals surface area (Å²) < 4.78 is 0. The molecule has 1 aromatic rings. The van der Waals surface area contributed by atoms with E-state index in [2.05, 4.69) is 19.1 Å². The number of thioether (sulfide) groups is 1. The monoisotopic (exact) mass is 436 g/mol. The molecule has 0 radical (unpaired) electrons. The molecule has 5 heteroatoms. The van der Waals surface area contributed by atoms with Crippen molar-refractivity contribution in [2.45, 2.75) is 102 Å². The molecule has 1 aromatic carbocycles. The zero-order valence-electron chi connectivity index (χ0n) is 18.6. The summed E-state index contributed by atoms with van der Waals surface area (Å²) in [7, 11) is 0. The van der Waals surface area contributed by atoms with Gasteiger partial charge in [-0.2, -0.15) is 11.8 Å². The molecule has 170 valence electrons. The molecule has 0 fully saturated rings. The van der Waals surface area contributed by atoms with Gasteiger partial charge in [-0.15, -0.1) is 0 Å². The summed E-state index contributed by atoms with van der Waals surface area (Å²) in [6.07, 6.45) is 13.9. The summed E-state index contributed by atoms with van der Waals surface area (Å²) in [4.78, 5) is 22.3. The summed E-state index contributed by atoms with van der Waals surface area (Å²) in [5.74, 6) is -1.04. The molecule has 30 heavy (non-hydrogen) atoms. The first-order valence-corrected chi connectivity index (χ1v) is 12.7. The van der Waals surface area contributed by atoms with Crippen molar-refractivity contribution in [3.8, 4) is 0 Å². The van der Waals surface area contributed by atoms with Crippen LogP contribution in [0.4, 0.5) is 0 Å². The summed E-state index contributed by atoms with van der Waals surface area (Å²) >= 11 is 1.50. The molecule has 4 nitrogen and oxygen atoms in total. The van der Waals surface area contributed by atoms with Gasteiger partial charge in [0.15, 0.2) is 0 Å². The van der Waals surface area contributed by atoms with Crippen LogP contribution in [-0.2, 0) is 9.59 Å². The van der Waals surface area contributed by atoms with Crippen LogP contribution in [0, 0.1) is 0 Å². The Morgan fingerprint density at radius 3 is 1.93 bits per heavy atom. The summed E-state index contributed by atoms with van der Waals surface area (Å²) in [6.45, 7) is 2.24. The van der Waals surface area contributed by atoms with Gasteiger partial charge >= 0.3 is 11.9 Å². The van der Waals surface area contributed by atoms with Gasteiger partial charge in [-0.05, 0) is 17.9 Å². The normalized spacial score (nSPS) is 13.1. The van der Waals surface area contributed by atoms with E-state index in [4.69, 9.17) is 5.11 Å². The molecular formula is C25H40O4S. The van der Waals surface area contributed by atoms with Gasteiger partial charge in [0.05, 0.1) is 12.8 Å². The van der Waals surface area contributed by atoms with E-state index in [1.807, 2.05) is 18.2 Å². The van der Waals surface area contributed by atoms with E-state index in [-0.39, 0.29) is 24.0 Å². The molecule has 0 aliphatic carbocycles. The fourth-order valence-electron chi connectivity index (χ4n) is 3.91. The van der Waals surface area contributed by atoms with Gasteiger partial charge in [-0.25, -0.2) is 0 Å². The molecule has 0 amide bonds. The number of benzene rings is 1. The Hall–Kier alpha value is -1.49. The number of aliphatic carboxylic acids is 2. The van der Waals surface area contributed by atoms with Crippen molar-refractivity contribution in [2.75, 3.05) is 5.75 Å². The molecule has 2 unspecified atom stereocenters. The minimum atomic E-state index is -0.831. The van der Waals surface area contributed by atoms with Crippen molar-refractivity contribution in [1.82, 2.24) is 0 Å². The van der Waals surface area contributed by atoms with Crippen molar-refractivity contribution < 1.29 is 19.8 Å². The predicted molar refractivity (Wildman–Crippen MR) is 126 cm³/mol. The SMILES string of the molecule is CCCCCCCCCCCCC(c1ccccc1)C(CC(=O)O)SCCC(=O)O. The maximum Gasteiger partial charge on any atom is 0.304 e. The van der Waals surface area contributed by atoms with Crippen molar-refractivity contribution in [2.24, 2.45) is 0 Å². The molecular weight excluding hydrogens is 396 g/mol. The third-order valence-corrected chi connectivity index (χ3v) is 6.93. The molecule has 0 bridgehead atoms. The maximum atomic E-state index is 11.5. The van der Waals surface area contributed by atoms with E-state index >= 15 is 0 Å². The second-order valence-corrected chi connectivity index (χ2v) is 9.49. The van der Waals surface area contributed by atoms with Crippen LogP contribution in [-0.4, -0.2) is 33.2 Å². The quantitative estimate of drug-likeness (QED) is 0.226. The van der Waals surface area contributed by atoms with E-state index in [9.17, 15) is 14.7 Å². The van der Waals surface area contributed by atoms with Crippen molar-refractivity contribution in [1.29, 1.82) is 0 Å². The first-order chi connectivity index (χ1) is 14.5. The van der Waals surface area contributed by atoms with Crippen LogP contribution in [0.5, 0.6) is 0 Å². The van der Waals surface area contributed by atoms with E-state index in [1.165, 1.54) is 75.1 Å². The summed E-state index contributed by atoms with van der Waals surface area (Å²) in [5, 5.41) is 18.2. The molecule has 0 spiro atoms. The number of carboxylic acid groups (broad SMARTS) is 2. The molecule has 0 aromatic heterocycles. The highest BCUT2D eigenvalue weighted by Crippen LogP contribution is 2.36. The van der Waals surface area contributed by atoms with Crippen LogP contribution >= 0.6 is 11.8 Å². The predicted octanol–water partition coefficient (Wildman–Crippen LogP) is 7.13. The number of carboxylic acids is 2. The first-order valence-electron chi connectivity index (χ1n) is 11.6. The lowest BCUT2D eigenvalue weighted by Gasteiger charge is -2.26. The van der Waals surface area contributed by atoms with Crippen LogP contribution in [0.15, 0.2) is 30.3 Å². The highest BCUT2D eigenvalue weighted by Gasteiger charge is 2.26. The summed E-state index contributed by atoms with van der Waals surface area (Å²) in [6, 6.07) is 10.1. The van der Waals surface area contributed by atoms with Gasteiger partial charge in [-0.1, -0.05) is 101 Å². The van der Waals surface area contributed by atoms with Gasteiger partial charge in [0.2, 0.25) is 0 Å². The summed E-state index contributed by atoms with van der Waals surface area (Å²) in [5.41, 5.74) is 1.17. The highest BCUT2D eigenvalue weighted by atomic mass is 32.2. The standard InChI is InChI=1S/C25H40O4S/c1-2-3-4-5-6-7-8-9-10-14-17-22(21-15-12-11-13-16-21)23(20-25(28)29)30-19-18-24(26)27/h11-13,15-16,22-23H,2-10,14,17-20H2,1H3,(H,26,27)(H,28,29). The average molecular weight is 437 g/mol. The Bertz CT molecular complexity index is 576. The Kier molecular flexibility index (Phi) is 15.2. The number of rotatable bonds is 19. The minimum absolute atomic E-state index is 0.0700. The van der Waals surface area contributed by atoms with E-state index in [0.29, 0.717) is 5.75 Å². The third-order valence-electron chi connectivity index (χ3n) is 5.57. The Balaban J connectivity index is 2.52. The number of hydrogen-bond donors (Lipinski definition) is 2. The Morgan fingerprint density at radius 1 is 0.833 bits per heavy atom. The second kappa shape index (κ2) is 17.2. The van der Waals surface area contributed by atoms with Gasteiger partial charge in [0.25, 0.3) is 0 Å². The molecule has 0 saturated heterocycles. The zero-order chi connectivity index (χ0) is 22.0. The molecule has 0 aliphatic rings. The average Bonchev–Trinajstić information content (AvgIpc) is 2.71. The second-order valence-electron chi connectivity index (χ2n) is 8.14. The first kappa shape index (κ1) is 26.5. The van der Waals surface area contributed by atoms with E-state index in [1.54, 1.807) is 0 Å². The molecule has 2 atom stereocenters. The van der Waals surface area contributed by atoms with Crippen molar-refractivity contribution in [3.05, 3.63) is 35.9 Å². The van der Waals surface area contributed by atoms with Crippen molar-refractivity contribution in [3.63, 3.8) is 0 Å². The fourth-order valence-corrected chi connectivity index (χ4v) is 5.29. The van der Waals surface area contributed by atoms with E-state index in [0.717, 1.165) is 12.8 Å². The molecule has 1 rings (SSSR count). The van der Waals surface area contributed by atoms with Gasteiger partial charge in [-0.3, -0.25) is 9.59 Å². The van der Waals surface area contributed by atoms with Crippen LogP contribution < -0.4 is 0 Å². The third kappa shape index (κ3) is 12.9. The van der Waals surface area contributed by atoms with Gasteiger partial charge in [0.1, 0.15) is 0 Å². The minimum Gasteiger partial charge on any atom is -0.481 e. The zero-order valence-corrected chi connectivity index (χ0v) is 19.4. The number of unbranched alkanes of at least 4 members (excludes halogenated alkanes) is 9. The Morgan fingerprint density at radius 2 is 1.40 bits per heavy atom. The lowest BCUT2D eigenvalue weighted by Crippen LogP contribution is -2.20. The van der Waals surface area contributed by atoms with Crippen LogP contribution in [0.3, 0.4) is 0 Å². The molecule has 2 N–H and O–H groups in total. The molecule has 0 saturated carbocycles. The Labute approximate surface area is 186 Å². The lowest BCUT2D eigenvalue weighted by molar-refractivity contribution is -0.137.